The Labute approximate surface area is 152 Å². The van der Waals surface area contributed by atoms with E-state index in [4.69, 9.17) is 4.42 Å². The monoisotopic (exact) mass is 364 g/mol. The van der Waals surface area contributed by atoms with E-state index in [0.29, 0.717) is 22.3 Å². The van der Waals surface area contributed by atoms with Crippen LogP contribution in [0.3, 0.4) is 0 Å². The average Bonchev–Trinajstić information content (AvgIpc) is 3.33. The smallest absolute Gasteiger partial charge is 0.294 e. The molecular formula is C17H12N6O2S. The van der Waals surface area contributed by atoms with Crippen LogP contribution in [0.25, 0.3) is 22.8 Å². The Hall–Kier alpha value is -3.46. The molecule has 0 unspecified atom stereocenters. The summed E-state index contributed by atoms with van der Waals surface area (Å²) in [6, 6.07) is 5.53. The molecule has 9 heteroatoms. The van der Waals surface area contributed by atoms with Crippen molar-refractivity contribution in [2.75, 3.05) is 5.32 Å². The van der Waals surface area contributed by atoms with E-state index in [1.165, 1.54) is 29.9 Å². The summed E-state index contributed by atoms with van der Waals surface area (Å²) < 4.78 is 5.49. The van der Waals surface area contributed by atoms with E-state index in [9.17, 15) is 4.79 Å². The first-order valence-corrected chi connectivity index (χ1v) is 8.50. The summed E-state index contributed by atoms with van der Waals surface area (Å²) in [6.07, 6.45) is 6.11. The summed E-state index contributed by atoms with van der Waals surface area (Å²) in [5, 5.41) is 12.5. The van der Waals surface area contributed by atoms with Gasteiger partial charge in [0.15, 0.2) is 5.13 Å². The number of nitrogens with one attached hydrogen (secondary N) is 1. The molecule has 4 rings (SSSR count). The lowest BCUT2D eigenvalue weighted by Crippen LogP contribution is -2.10. The second-order valence-corrected chi connectivity index (χ2v) is 6.18. The van der Waals surface area contributed by atoms with Crippen molar-refractivity contribution in [1.82, 2.24) is 25.1 Å². The molecule has 0 atom stereocenters. The summed E-state index contributed by atoms with van der Waals surface area (Å²) >= 11 is 1.32. The number of carbonyl (C=O) groups is 1. The molecule has 0 aliphatic carbocycles. The molecule has 1 amide bonds. The standard InChI is InChI=1S/C17H12N6O2S/c1-10-3-2-5-18-14(10)12-9-26-17(22-12)23-15(24)13-8-19-16(25-13)11-4-6-20-21-7-11/h2-9H,1H3,(H,22,23,24). The Bertz CT molecular complexity index is 1060. The fourth-order valence-corrected chi connectivity index (χ4v) is 2.97. The van der Waals surface area contributed by atoms with E-state index in [2.05, 4.69) is 30.5 Å². The summed E-state index contributed by atoms with van der Waals surface area (Å²) in [6.45, 7) is 1.96. The van der Waals surface area contributed by atoms with Gasteiger partial charge in [0.1, 0.15) is 5.69 Å². The molecular weight excluding hydrogens is 352 g/mol. The maximum atomic E-state index is 12.3. The molecule has 26 heavy (non-hydrogen) atoms. The molecule has 0 bridgehead atoms. The lowest BCUT2D eigenvalue weighted by atomic mass is 10.2. The third-order valence-electron chi connectivity index (χ3n) is 3.54. The molecule has 128 valence electrons. The van der Waals surface area contributed by atoms with Crippen molar-refractivity contribution >= 4 is 22.4 Å². The van der Waals surface area contributed by atoms with Gasteiger partial charge < -0.3 is 4.42 Å². The van der Waals surface area contributed by atoms with E-state index in [1.54, 1.807) is 12.3 Å². The van der Waals surface area contributed by atoms with E-state index >= 15 is 0 Å². The number of oxazole rings is 1. The molecule has 0 aromatic carbocycles. The Morgan fingerprint density at radius 2 is 2.08 bits per heavy atom. The zero-order valence-corrected chi connectivity index (χ0v) is 14.4. The second-order valence-electron chi connectivity index (χ2n) is 5.32. The quantitative estimate of drug-likeness (QED) is 0.592. The summed E-state index contributed by atoms with van der Waals surface area (Å²) in [5.41, 5.74) is 3.16. The van der Waals surface area contributed by atoms with Crippen LogP contribution in [0.4, 0.5) is 5.13 Å². The van der Waals surface area contributed by atoms with E-state index in [1.807, 2.05) is 24.4 Å². The zero-order chi connectivity index (χ0) is 17.9. The van der Waals surface area contributed by atoms with Crippen LogP contribution in [-0.2, 0) is 0 Å². The van der Waals surface area contributed by atoms with Crippen LogP contribution in [0.1, 0.15) is 16.1 Å². The van der Waals surface area contributed by atoms with Crippen molar-refractivity contribution < 1.29 is 9.21 Å². The number of hydrogen-bond donors (Lipinski definition) is 1. The number of aryl methyl sites for hydroxylation is 1. The largest absolute Gasteiger partial charge is 0.431 e. The fourth-order valence-electron chi connectivity index (χ4n) is 2.28. The first-order chi connectivity index (χ1) is 12.7. The predicted molar refractivity (Wildman–Crippen MR) is 95.6 cm³/mol. The molecule has 0 radical (unpaired) electrons. The minimum absolute atomic E-state index is 0.0857. The molecule has 0 aliphatic heterocycles. The summed E-state index contributed by atoms with van der Waals surface area (Å²) in [5.74, 6) is -0.0408. The van der Waals surface area contributed by atoms with Gasteiger partial charge >= 0.3 is 0 Å². The SMILES string of the molecule is Cc1cccnc1-c1csc(NC(=O)c2cnc(-c3ccnnc3)o2)n1. The van der Waals surface area contributed by atoms with Crippen LogP contribution < -0.4 is 5.32 Å². The van der Waals surface area contributed by atoms with Gasteiger partial charge in [0.05, 0.1) is 29.8 Å². The maximum absolute atomic E-state index is 12.3. The van der Waals surface area contributed by atoms with Crippen molar-refractivity contribution in [3.63, 3.8) is 0 Å². The van der Waals surface area contributed by atoms with Crippen LogP contribution in [-0.4, -0.2) is 31.1 Å². The molecule has 4 aromatic rings. The van der Waals surface area contributed by atoms with Crippen LogP contribution in [0, 0.1) is 6.92 Å². The van der Waals surface area contributed by atoms with Gasteiger partial charge in [0.2, 0.25) is 11.7 Å². The fraction of sp³-hybridized carbons (Fsp3) is 0.0588. The Morgan fingerprint density at radius 1 is 1.15 bits per heavy atom. The molecule has 0 saturated carbocycles. The Balaban J connectivity index is 1.51. The molecule has 4 heterocycles. The number of hydrogen-bond acceptors (Lipinski definition) is 8. The van der Waals surface area contributed by atoms with Crippen molar-refractivity contribution in [2.24, 2.45) is 0 Å². The molecule has 1 N–H and O–H groups in total. The minimum atomic E-state index is -0.426. The second kappa shape index (κ2) is 6.81. The Morgan fingerprint density at radius 3 is 2.88 bits per heavy atom. The number of thiazole rings is 1. The molecule has 0 spiro atoms. The third-order valence-corrected chi connectivity index (χ3v) is 4.30. The first kappa shape index (κ1) is 16.0. The van der Waals surface area contributed by atoms with Gasteiger partial charge in [-0.3, -0.25) is 15.1 Å². The topological polar surface area (TPSA) is 107 Å². The highest BCUT2D eigenvalue weighted by Crippen LogP contribution is 2.26. The minimum Gasteiger partial charge on any atom is -0.431 e. The van der Waals surface area contributed by atoms with Gasteiger partial charge in [-0.1, -0.05) is 6.07 Å². The normalized spacial score (nSPS) is 10.7. The van der Waals surface area contributed by atoms with Gasteiger partial charge in [-0.15, -0.1) is 11.3 Å². The lowest BCUT2D eigenvalue weighted by Gasteiger charge is -2.00. The summed E-state index contributed by atoms with van der Waals surface area (Å²) in [7, 11) is 0. The number of rotatable bonds is 4. The highest BCUT2D eigenvalue weighted by atomic mass is 32.1. The molecule has 8 nitrogen and oxygen atoms in total. The molecule has 0 saturated heterocycles. The van der Waals surface area contributed by atoms with Gasteiger partial charge in [0.25, 0.3) is 5.91 Å². The van der Waals surface area contributed by atoms with Gasteiger partial charge in [-0.25, -0.2) is 9.97 Å². The van der Waals surface area contributed by atoms with Crippen LogP contribution in [0.2, 0.25) is 0 Å². The lowest BCUT2D eigenvalue weighted by molar-refractivity contribution is 0.0997. The highest BCUT2D eigenvalue weighted by molar-refractivity contribution is 7.14. The Kier molecular flexibility index (Phi) is 4.20. The van der Waals surface area contributed by atoms with Crippen molar-refractivity contribution in [1.29, 1.82) is 0 Å². The highest BCUT2D eigenvalue weighted by Gasteiger charge is 2.16. The number of aromatic nitrogens is 5. The number of pyridine rings is 1. The van der Waals surface area contributed by atoms with Crippen molar-refractivity contribution in [2.45, 2.75) is 6.92 Å². The third kappa shape index (κ3) is 3.20. The van der Waals surface area contributed by atoms with Crippen LogP contribution >= 0.6 is 11.3 Å². The first-order valence-electron chi connectivity index (χ1n) is 7.62. The van der Waals surface area contributed by atoms with Gasteiger partial charge in [0, 0.05) is 11.6 Å². The molecule has 0 aliphatic rings. The summed E-state index contributed by atoms with van der Waals surface area (Å²) in [4.78, 5) is 25.2. The number of amides is 1. The van der Waals surface area contributed by atoms with Crippen LogP contribution in [0.15, 0.2) is 52.8 Å². The van der Waals surface area contributed by atoms with Gasteiger partial charge in [-0.2, -0.15) is 10.2 Å². The number of nitrogens with zero attached hydrogens (tertiary/aromatic N) is 5. The molecule has 4 aromatic heterocycles. The van der Waals surface area contributed by atoms with Crippen LogP contribution in [0.5, 0.6) is 0 Å². The van der Waals surface area contributed by atoms with Crippen molar-refractivity contribution in [3.05, 3.63) is 59.7 Å². The zero-order valence-electron chi connectivity index (χ0n) is 13.6. The van der Waals surface area contributed by atoms with E-state index in [-0.39, 0.29) is 5.76 Å². The predicted octanol–water partition coefficient (Wildman–Crippen LogP) is 3.21. The molecule has 0 fully saturated rings. The average molecular weight is 364 g/mol. The maximum Gasteiger partial charge on any atom is 0.294 e. The number of anilines is 1. The van der Waals surface area contributed by atoms with Gasteiger partial charge in [-0.05, 0) is 24.6 Å². The number of carbonyl (C=O) groups excluding carboxylic acids is 1. The van der Waals surface area contributed by atoms with Crippen molar-refractivity contribution in [3.8, 4) is 22.8 Å². The van der Waals surface area contributed by atoms with E-state index < -0.39 is 5.91 Å². The van der Waals surface area contributed by atoms with E-state index in [0.717, 1.165) is 11.3 Å².